The van der Waals surface area contributed by atoms with Gasteiger partial charge in [0.1, 0.15) is 0 Å². The SMILES string of the molecule is CC1CC=C(n2c3ccccc3c3ncccc32)CC1(C)n1c2ccccc2c2ncccc21. The number of allylic oxidation sites excluding steroid dienone is 2. The lowest BCUT2D eigenvalue weighted by Crippen LogP contribution is -2.39. The summed E-state index contributed by atoms with van der Waals surface area (Å²) in [6.07, 6.45) is 8.19. The second-order valence-electron chi connectivity index (χ2n) is 9.81. The molecule has 1 aliphatic carbocycles. The quantitative estimate of drug-likeness (QED) is 0.280. The summed E-state index contributed by atoms with van der Waals surface area (Å²) in [6, 6.07) is 25.9. The van der Waals surface area contributed by atoms with E-state index in [9.17, 15) is 0 Å². The Kier molecular flexibility index (Phi) is 4.04. The molecule has 6 aromatic rings. The molecule has 0 saturated carbocycles. The number of hydrogen-bond acceptors (Lipinski definition) is 2. The highest BCUT2D eigenvalue weighted by Gasteiger charge is 2.39. The predicted octanol–water partition coefficient (Wildman–Crippen LogP) is 7.38. The van der Waals surface area contributed by atoms with Crippen LogP contribution in [0.1, 0.15) is 26.7 Å². The van der Waals surface area contributed by atoms with Crippen LogP contribution in [-0.2, 0) is 5.54 Å². The third kappa shape index (κ3) is 2.54. The number of benzene rings is 2. The first-order valence-corrected chi connectivity index (χ1v) is 12.0. The summed E-state index contributed by atoms with van der Waals surface area (Å²) < 4.78 is 5.00. The largest absolute Gasteiger partial charge is 0.333 e. The number of hydrogen-bond donors (Lipinski definition) is 0. The Morgan fingerprint density at radius 3 is 2.09 bits per heavy atom. The molecule has 4 heterocycles. The van der Waals surface area contributed by atoms with Crippen molar-refractivity contribution in [3.63, 3.8) is 0 Å². The predicted molar refractivity (Wildman–Crippen MR) is 141 cm³/mol. The molecule has 4 heteroatoms. The summed E-state index contributed by atoms with van der Waals surface area (Å²) in [5.74, 6) is 0.474. The molecule has 0 aliphatic heterocycles. The van der Waals surface area contributed by atoms with Gasteiger partial charge in [0.15, 0.2) is 0 Å². The minimum atomic E-state index is -0.103. The Morgan fingerprint density at radius 1 is 0.735 bits per heavy atom. The van der Waals surface area contributed by atoms with Crippen LogP contribution in [0.4, 0.5) is 0 Å². The first-order valence-electron chi connectivity index (χ1n) is 12.0. The van der Waals surface area contributed by atoms with Crippen molar-refractivity contribution < 1.29 is 0 Å². The average Bonchev–Trinajstić information content (AvgIpc) is 3.40. The summed E-state index contributed by atoms with van der Waals surface area (Å²) >= 11 is 0. The van der Waals surface area contributed by atoms with Gasteiger partial charge in [-0.15, -0.1) is 0 Å². The Hall–Kier alpha value is -3.92. The van der Waals surface area contributed by atoms with Gasteiger partial charge in [0.2, 0.25) is 0 Å². The molecule has 0 radical (unpaired) electrons. The second-order valence-corrected chi connectivity index (χ2v) is 9.81. The zero-order chi connectivity index (χ0) is 22.9. The highest BCUT2D eigenvalue weighted by atomic mass is 15.1. The van der Waals surface area contributed by atoms with Gasteiger partial charge in [-0.3, -0.25) is 9.97 Å². The van der Waals surface area contributed by atoms with Gasteiger partial charge in [-0.1, -0.05) is 49.4 Å². The van der Waals surface area contributed by atoms with Crippen LogP contribution in [0.2, 0.25) is 0 Å². The molecule has 1 aliphatic rings. The zero-order valence-corrected chi connectivity index (χ0v) is 19.4. The molecule has 2 unspecified atom stereocenters. The monoisotopic (exact) mass is 442 g/mol. The number of pyridine rings is 2. The topological polar surface area (TPSA) is 35.6 Å². The normalized spacial score (nSPS) is 21.0. The molecule has 0 spiro atoms. The molecule has 4 nitrogen and oxygen atoms in total. The van der Waals surface area contributed by atoms with Crippen molar-refractivity contribution in [2.45, 2.75) is 32.2 Å². The molecule has 2 aromatic carbocycles. The third-order valence-electron chi connectivity index (χ3n) is 7.96. The van der Waals surface area contributed by atoms with Gasteiger partial charge in [-0.25, -0.2) is 0 Å². The molecule has 2 atom stereocenters. The molecule has 34 heavy (non-hydrogen) atoms. The maximum atomic E-state index is 4.78. The van der Waals surface area contributed by atoms with Gasteiger partial charge in [-0.05, 0) is 55.7 Å². The Morgan fingerprint density at radius 2 is 1.32 bits per heavy atom. The summed E-state index contributed by atoms with van der Waals surface area (Å²) in [7, 11) is 0. The second kappa shape index (κ2) is 7.04. The van der Waals surface area contributed by atoms with E-state index in [0.717, 1.165) is 23.9 Å². The molecular formula is C30H26N4. The molecular weight excluding hydrogens is 416 g/mol. The standard InChI is InChI=1S/C30H26N4/c1-20-15-16-21(33-24-11-5-3-9-22(24)28-26(33)13-7-17-31-28)19-30(20,2)34-25-12-6-4-10-23(25)29-27(34)14-8-18-32-29/h3-14,16-18,20H,15,19H2,1-2H3. The van der Waals surface area contributed by atoms with E-state index in [1.54, 1.807) is 0 Å². The van der Waals surface area contributed by atoms with Crippen LogP contribution in [-0.4, -0.2) is 19.1 Å². The molecule has 7 rings (SSSR count). The summed E-state index contributed by atoms with van der Waals surface area (Å²) in [5, 5.41) is 2.43. The number of nitrogens with zero attached hydrogens (tertiary/aromatic N) is 4. The minimum absolute atomic E-state index is 0.103. The van der Waals surface area contributed by atoms with Gasteiger partial charge in [0.25, 0.3) is 0 Å². The van der Waals surface area contributed by atoms with Crippen LogP contribution >= 0.6 is 0 Å². The summed E-state index contributed by atoms with van der Waals surface area (Å²) in [4.78, 5) is 9.53. The summed E-state index contributed by atoms with van der Waals surface area (Å²) in [6.45, 7) is 4.81. The van der Waals surface area contributed by atoms with Crippen LogP contribution in [0.15, 0.2) is 91.3 Å². The fourth-order valence-electron chi connectivity index (χ4n) is 6.08. The maximum Gasteiger partial charge on any atom is 0.0963 e. The first-order chi connectivity index (χ1) is 16.7. The summed E-state index contributed by atoms with van der Waals surface area (Å²) in [5.41, 5.74) is 8.27. The number of para-hydroxylation sites is 2. The van der Waals surface area contributed by atoms with E-state index in [1.165, 1.54) is 38.5 Å². The van der Waals surface area contributed by atoms with Crippen molar-refractivity contribution in [3.8, 4) is 0 Å². The third-order valence-corrected chi connectivity index (χ3v) is 7.96. The van der Waals surface area contributed by atoms with E-state index in [-0.39, 0.29) is 5.54 Å². The molecule has 0 N–H and O–H groups in total. The molecule has 0 bridgehead atoms. The Balaban J connectivity index is 1.48. The van der Waals surface area contributed by atoms with E-state index in [2.05, 4.69) is 95.8 Å². The van der Waals surface area contributed by atoms with E-state index >= 15 is 0 Å². The van der Waals surface area contributed by atoms with E-state index in [4.69, 9.17) is 9.97 Å². The average molecular weight is 443 g/mol. The fourth-order valence-corrected chi connectivity index (χ4v) is 6.08. The Bertz CT molecular complexity index is 1650. The number of rotatable bonds is 2. The maximum absolute atomic E-state index is 4.78. The zero-order valence-electron chi connectivity index (χ0n) is 19.4. The van der Waals surface area contributed by atoms with Gasteiger partial charge in [-0.2, -0.15) is 0 Å². The molecule has 0 fully saturated rings. The van der Waals surface area contributed by atoms with E-state index in [1.807, 2.05) is 18.5 Å². The first kappa shape index (κ1) is 19.5. The lowest BCUT2D eigenvalue weighted by molar-refractivity contribution is 0.215. The van der Waals surface area contributed by atoms with Crippen molar-refractivity contribution in [1.29, 1.82) is 0 Å². The highest BCUT2D eigenvalue weighted by molar-refractivity contribution is 6.08. The van der Waals surface area contributed by atoms with Gasteiger partial charge >= 0.3 is 0 Å². The van der Waals surface area contributed by atoms with Crippen LogP contribution in [0, 0.1) is 5.92 Å². The molecule has 4 aromatic heterocycles. The molecule has 0 amide bonds. The highest BCUT2D eigenvalue weighted by Crippen LogP contribution is 2.46. The van der Waals surface area contributed by atoms with Gasteiger partial charge in [0.05, 0.1) is 38.6 Å². The molecule has 166 valence electrons. The van der Waals surface area contributed by atoms with E-state index < -0.39 is 0 Å². The van der Waals surface area contributed by atoms with Crippen LogP contribution in [0.5, 0.6) is 0 Å². The lowest BCUT2D eigenvalue weighted by atomic mass is 9.76. The fraction of sp³-hybridized carbons (Fsp3) is 0.200. The van der Waals surface area contributed by atoms with Gasteiger partial charge in [0, 0.05) is 35.3 Å². The van der Waals surface area contributed by atoms with Crippen LogP contribution < -0.4 is 0 Å². The molecule has 0 saturated heterocycles. The van der Waals surface area contributed by atoms with Crippen LogP contribution in [0.25, 0.3) is 49.6 Å². The van der Waals surface area contributed by atoms with Crippen LogP contribution in [0.3, 0.4) is 0 Å². The van der Waals surface area contributed by atoms with Gasteiger partial charge < -0.3 is 9.13 Å². The van der Waals surface area contributed by atoms with Crippen molar-refractivity contribution in [2.75, 3.05) is 0 Å². The van der Waals surface area contributed by atoms with Crippen molar-refractivity contribution in [2.24, 2.45) is 5.92 Å². The Labute approximate surface area is 198 Å². The van der Waals surface area contributed by atoms with Crippen molar-refractivity contribution >= 4 is 49.6 Å². The smallest absolute Gasteiger partial charge is 0.0963 e. The number of fused-ring (bicyclic) bond motifs is 6. The van der Waals surface area contributed by atoms with Crippen molar-refractivity contribution in [3.05, 3.63) is 91.3 Å². The number of aromatic nitrogens is 4. The lowest BCUT2D eigenvalue weighted by Gasteiger charge is -2.42. The van der Waals surface area contributed by atoms with Crippen molar-refractivity contribution in [1.82, 2.24) is 19.1 Å². The van der Waals surface area contributed by atoms with E-state index in [0.29, 0.717) is 5.92 Å². The minimum Gasteiger partial charge on any atom is -0.333 e.